The molecule has 2 rings (SSSR count). The molecule has 0 aromatic carbocycles. The fourth-order valence-corrected chi connectivity index (χ4v) is 2.52. The Kier molecular flexibility index (Phi) is 2.96. The van der Waals surface area contributed by atoms with Crippen molar-refractivity contribution in [2.75, 3.05) is 11.4 Å². The van der Waals surface area contributed by atoms with Gasteiger partial charge in [0.05, 0.1) is 0 Å². The second-order valence-electron chi connectivity index (χ2n) is 4.30. The van der Waals surface area contributed by atoms with Gasteiger partial charge in [-0.05, 0) is 41.3 Å². The van der Waals surface area contributed by atoms with E-state index in [0.29, 0.717) is 22.3 Å². The van der Waals surface area contributed by atoms with Crippen molar-refractivity contribution in [3.05, 3.63) is 22.6 Å². The van der Waals surface area contributed by atoms with Crippen LogP contribution in [0.5, 0.6) is 0 Å². The fraction of sp³-hybridized carbons (Fsp3) is 0.545. The summed E-state index contributed by atoms with van der Waals surface area (Å²) < 4.78 is 14.4. The van der Waals surface area contributed by atoms with E-state index in [1.54, 1.807) is 6.20 Å². The lowest BCUT2D eigenvalue weighted by Gasteiger charge is -2.22. The molecular formula is C11H14BrFN2. The predicted octanol–water partition coefficient (Wildman–Crippen LogP) is 3.22. The van der Waals surface area contributed by atoms with Gasteiger partial charge in [0.15, 0.2) is 11.6 Å². The Balaban J connectivity index is 2.29. The van der Waals surface area contributed by atoms with Crippen molar-refractivity contribution in [2.45, 2.75) is 26.3 Å². The highest BCUT2D eigenvalue weighted by Crippen LogP contribution is 2.29. The maximum atomic E-state index is 13.7. The minimum Gasteiger partial charge on any atom is -0.351 e. The first-order valence-electron chi connectivity index (χ1n) is 5.15. The summed E-state index contributed by atoms with van der Waals surface area (Å²) in [6.45, 7) is 5.20. The first-order chi connectivity index (χ1) is 7.08. The molecule has 0 bridgehead atoms. The fourth-order valence-electron chi connectivity index (χ4n) is 2.21. The molecule has 0 N–H and O–H groups in total. The Labute approximate surface area is 97.6 Å². The zero-order valence-electron chi connectivity index (χ0n) is 8.87. The number of hydrogen-bond donors (Lipinski definition) is 0. The molecule has 0 amide bonds. The van der Waals surface area contributed by atoms with Gasteiger partial charge in [0.2, 0.25) is 0 Å². The highest BCUT2D eigenvalue weighted by molar-refractivity contribution is 9.10. The smallest absolute Gasteiger partial charge is 0.166 e. The van der Waals surface area contributed by atoms with E-state index in [9.17, 15) is 4.39 Å². The van der Waals surface area contributed by atoms with E-state index < -0.39 is 0 Å². The molecule has 15 heavy (non-hydrogen) atoms. The van der Waals surface area contributed by atoms with Crippen LogP contribution in [-0.2, 0) is 0 Å². The number of hydrogen-bond acceptors (Lipinski definition) is 2. The summed E-state index contributed by atoms with van der Waals surface area (Å²) in [6, 6.07) is 1.85. The van der Waals surface area contributed by atoms with Crippen molar-refractivity contribution < 1.29 is 4.39 Å². The molecule has 0 radical (unpaired) electrons. The van der Waals surface area contributed by atoms with Crippen molar-refractivity contribution in [1.82, 2.24) is 4.98 Å². The molecule has 4 heteroatoms. The molecule has 1 fully saturated rings. The summed E-state index contributed by atoms with van der Waals surface area (Å²) >= 11 is 3.21. The molecular weight excluding hydrogens is 259 g/mol. The monoisotopic (exact) mass is 272 g/mol. The number of nitrogens with zero attached hydrogens (tertiary/aromatic N) is 2. The lowest BCUT2D eigenvalue weighted by molar-refractivity contribution is 0.603. The summed E-state index contributed by atoms with van der Waals surface area (Å²) in [6.07, 6.45) is 2.76. The molecule has 2 heterocycles. The average molecular weight is 273 g/mol. The SMILES string of the molecule is CC1CC(C)N(c2ncc(Br)cc2F)C1. The average Bonchev–Trinajstić information content (AvgIpc) is 2.45. The zero-order chi connectivity index (χ0) is 11.0. The molecule has 2 unspecified atom stereocenters. The number of pyridine rings is 1. The normalized spacial score (nSPS) is 26.0. The predicted molar refractivity (Wildman–Crippen MR) is 62.5 cm³/mol. The molecule has 1 aromatic heterocycles. The third kappa shape index (κ3) is 2.14. The van der Waals surface area contributed by atoms with Crippen molar-refractivity contribution >= 4 is 21.7 Å². The van der Waals surface area contributed by atoms with Gasteiger partial charge in [-0.3, -0.25) is 0 Å². The Morgan fingerprint density at radius 1 is 1.53 bits per heavy atom. The summed E-state index contributed by atoms with van der Waals surface area (Å²) in [5, 5.41) is 0. The Hall–Kier alpha value is -0.640. The summed E-state index contributed by atoms with van der Waals surface area (Å²) in [7, 11) is 0. The van der Waals surface area contributed by atoms with Crippen molar-refractivity contribution in [3.8, 4) is 0 Å². The minimum atomic E-state index is -0.245. The van der Waals surface area contributed by atoms with Gasteiger partial charge in [0.1, 0.15) is 0 Å². The van der Waals surface area contributed by atoms with Crippen molar-refractivity contribution in [2.24, 2.45) is 5.92 Å². The van der Waals surface area contributed by atoms with Gasteiger partial charge >= 0.3 is 0 Å². The van der Waals surface area contributed by atoms with E-state index in [2.05, 4.69) is 34.8 Å². The second-order valence-corrected chi connectivity index (χ2v) is 5.22. The Bertz CT molecular complexity index is 370. The van der Waals surface area contributed by atoms with Gasteiger partial charge in [0, 0.05) is 23.3 Å². The topological polar surface area (TPSA) is 16.1 Å². The third-order valence-corrected chi connectivity index (χ3v) is 3.28. The summed E-state index contributed by atoms with van der Waals surface area (Å²) in [5.74, 6) is 0.852. The lowest BCUT2D eigenvalue weighted by atomic mass is 10.1. The number of rotatable bonds is 1. The highest BCUT2D eigenvalue weighted by atomic mass is 79.9. The van der Waals surface area contributed by atoms with E-state index in [1.807, 2.05) is 4.90 Å². The minimum absolute atomic E-state index is 0.245. The number of anilines is 1. The van der Waals surface area contributed by atoms with Gasteiger partial charge in [-0.2, -0.15) is 0 Å². The van der Waals surface area contributed by atoms with Crippen LogP contribution in [0.3, 0.4) is 0 Å². The third-order valence-electron chi connectivity index (χ3n) is 2.84. The van der Waals surface area contributed by atoms with Crippen LogP contribution in [0, 0.1) is 11.7 Å². The van der Waals surface area contributed by atoms with Crippen LogP contribution in [0.1, 0.15) is 20.3 Å². The summed E-state index contributed by atoms with van der Waals surface area (Å²) in [5.41, 5.74) is 0. The van der Waals surface area contributed by atoms with Crippen molar-refractivity contribution in [1.29, 1.82) is 0 Å². The van der Waals surface area contributed by atoms with Crippen LogP contribution in [0.15, 0.2) is 16.7 Å². The molecule has 1 aliphatic heterocycles. The zero-order valence-corrected chi connectivity index (χ0v) is 10.5. The number of aromatic nitrogens is 1. The molecule has 1 saturated heterocycles. The van der Waals surface area contributed by atoms with E-state index in [-0.39, 0.29) is 5.82 Å². The number of halogens is 2. The molecule has 1 aliphatic rings. The Morgan fingerprint density at radius 2 is 2.27 bits per heavy atom. The molecule has 2 nitrogen and oxygen atoms in total. The van der Waals surface area contributed by atoms with Gasteiger partial charge in [-0.15, -0.1) is 0 Å². The van der Waals surface area contributed by atoms with E-state index >= 15 is 0 Å². The van der Waals surface area contributed by atoms with Crippen LogP contribution in [0.2, 0.25) is 0 Å². The van der Waals surface area contributed by atoms with Crippen molar-refractivity contribution in [3.63, 3.8) is 0 Å². The quantitative estimate of drug-likeness (QED) is 0.781. The largest absolute Gasteiger partial charge is 0.351 e. The van der Waals surface area contributed by atoms with E-state index in [4.69, 9.17) is 0 Å². The molecule has 0 saturated carbocycles. The molecule has 0 spiro atoms. The van der Waals surface area contributed by atoms with Crippen LogP contribution < -0.4 is 4.90 Å². The van der Waals surface area contributed by atoms with Crippen LogP contribution in [0.25, 0.3) is 0 Å². The maximum Gasteiger partial charge on any atom is 0.166 e. The highest BCUT2D eigenvalue weighted by Gasteiger charge is 2.28. The molecule has 2 atom stereocenters. The van der Waals surface area contributed by atoms with Gasteiger partial charge in [0.25, 0.3) is 0 Å². The molecule has 82 valence electrons. The van der Waals surface area contributed by atoms with Crippen LogP contribution in [0.4, 0.5) is 10.2 Å². The van der Waals surface area contributed by atoms with Gasteiger partial charge in [-0.25, -0.2) is 9.37 Å². The second kappa shape index (κ2) is 4.08. The van der Waals surface area contributed by atoms with E-state index in [1.165, 1.54) is 6.07 Å². The standard InChI is InChI=1S/C11H14BrFN2/c1-7-3-8(2)15(6-7)11-10(13)4-9(12)5-14-11/h4-5,7-8H,3,6H2,1-2H3. The molecule has 0 aliphatic carbocycles. The van der Waals surface area contributed by atoms with E-state index in [0.717, 1.165) is 13.0 Å². The van der Waals surface area contributed by atoms with Gasteiger partial charge < -0.3 is 4.90 Å². The van der Waals surface area contributed by atoms with Crippen LogP contribution >= 0.6 is 15.9 Å². The summed E-state index contributed by atoms with van der Waals surface area (Å²) in [4.78, 5) is 6.20. The Morgan fingerprint density at radius 3 is 2.80 bits per heavy atom. The lowest BCUT2D eigenvalue weighted by Crippen LogP contribution is -2.28. The molecule has 1 aromatic rings. The first kappa shape index (κ1) is 10.9. The maximum absolute atomic E-state index is 13.7. The first-order valence-corrected chi connectivity index (χ1v) is 5.95. The van der Waals surface area contributed by atoms with Gasteiger partial charge in [-0.1, -0.05) is 6.92 Å². The van der Waals surface area contributed by atoms with Crippen LogP contribution in [-0.4, -0.2) is 17.6 Å².